The fourth-order valence-corrected chi connectivity index (χ4v) is 8.89. The third-order valence-corrected chi connectivity index (χ3v) is 12.3. The van der Waals surface area contributed by atoms with Crippen molar-refractivity contribution in [2.45, 2.75) is 108 Å². The second-order valence-electron chi connectivity index (χ2n) is 7.97. The first-order chi connectivity index (χ1) is 13.8. The minimum Gasteiger partial charge on any atom is -0.381 e. The number of ether oxygens (including phenoxy) is 1. The molecule has 0 heterocycles. The Bertz CT molecular complexity index is 356. The molecule has 29 heavy (non-hydrogen) atoms. The molecule has 0 aliphatic rings. The lowest BCUT2D eigenvalue weighted by Gasteiger charge is -2.17. The van der Waals surface area contributed by atoms with Crippen LogP contribution in [0.15, 0.2) is 0 Å². The van der Waals surface area contributed by atoms with Crippen LogP contribution in [0.3, 0.4) is 0 Å². The average Bonchev–Trinajstić information content (AvgIpc) is 2.63. The quantitative estimate of drug-likeness (QED) is 0.0549. The summed E-state index contributed by atoms with van der Waals surface area (Å²) >= 11 is 36.4. The summed E-state index contributed by atoms with van der Waals surface area (Å²) in [5.74, 6) is 0.784. The third-order valence-electron chi connectivity index (χ3n) is 5.01. The highest BCUT2D eigenvalue weighted by Crippen LogP contribution is 2.34. The van der Waals surface area contributed by atoms with Crippen molar-refractivity contribution >= 4 is 79.7 Å². The monoisotopic (exact) mass is 562 g/mol. The van der Waals surface area contributed by atoms with Crippen molar-refractivity contribution in [3.8, 4) is 0 Å². The second-order valence-corrected chi connectivity index (χ2v) is 25.3. The maximum atomic E-state index is 6.51. The Hall–Kier alpha value is 2.13. The summed E-state index contributed by atoms with van der Waals surface area (Å²) in [5.41, 5.74) is 0. The smallest absolute Gasteiger partial charge is 0.341 e. The van der Waals surface area contributed by atoms with Gasteiger partial charge in [0.2, 0.25) is 0 Å². The van der Waals surface area contributed by atoms with Gasteiger partial charge < -0.3 is 4.74 Å². The van der Waals surface area contributed by atoms with Crippen LogP contribution in [0.25, 0.3) is 0 Å². The largest absolute Gasteiger partial charge is 0.381 e. The Morgan fingerprint density at radius 2 is 0.862 bits per heavy atom. The first-order valence-electron chi connectivity index (χ1n) is 11.4. The normalized spacial score (nSPS) is 12.6. The lowest BCUT2D eigenvalue weighted by atomic mass is 10.1. The van der Waals surface area contributed by atoms with Gasteiger partial charge in [0.05, 0.1) is 0 Å². The van der Waals surface area contributed by atoms with E-state index < -0.39 is 12.7 Å². The Balaban J connectivity index is 3.27. The van der Waals surface area contributed by atoms with Crippen molar-refractivity contribution in [3.63, 3.8) is 0 Å². The van der Waals surface area contributed by atoms with Crippen LogP contribution < -0.4 is 0 Å². The summed E-state index contributed by atoms with van der Waals surface area (Å²) in [6.07, 6.45) is 17.1. The number of hydrogen-bond acceptors (Lipinski definition) is 1. The van der Waals surface area contributed by atoms with E-state index in [-0.39, 0.29) is 0 Å². The molecule has 0 unspecified atom stereocenters. The number of unbranched alkanes of at least 4 members (excludes halogenated alkanes) is 11. The van der Waals surface area contributed by atoms with Gasteiger partial charge >= 0.3 is 6.00 Å². The van der Waals surface area contributed by atoms with Gasteiger partial charge in [0.1, 0.15) is 0 Å². The topological polar surface area (TPSA) is 9.23 Å². The van der Waals surface area contributed by atoms with Crippen molar-refractivity contribution < 1.29 is 4.74 Å². The highest BCUT2D eigenvalue weighted by molar-refractivity contribution is 7.64. The number of hydrogen-bond donors (Lipinski definition) is 0. The van der Waals surface area contributed by atoms with Crippen LogP contribution in [0, 0.1) is 0 Å². The molecule has 0 bridgehead atoms. The molecule has 0 aromatic carbocycles. The standard InChI is InChI=1S/C20H40Cl6OSi2/c21-15-10-6-8-12-17-27-16-11-7-4-2-1-3-5-9-13-18-28(22,23)19-14-20-29(24,25)26/h1-20H2. The molecule has 0 radical (unpaired) electrons. The van der Waals surface area contributed by atoms with Gasteiger partial charge in [0.15, 0.2) is 0 Å². The van der Waals surface area contributed by atoms with Crippen molar-refractivity contribution in [2.24, 2.45) is 0 Å². The predicted molar refractivity (Wildman–Crippen MR) is 141 cm³/mol. The van der Waals surface area contributed by atoms with Crippen molar-refractivity contribution in [1.82, 2.24) is 0 Å². The summed E-state index contributed by atoms with van der Waals surface area (Å²) < 4.78 is 5.69. The van der Waals surface area contributed by atoms with Gasteiger partial charge in [-0.15, -0.1) is 67.0 Å². The minimum absolute atomic E-state index is 0.660. The maximum Gasteiger partial charge on any atom is 0.341 e. The molecule has 0 saturated carbocycles. The van der Waals surface area contributed by atoms with E-state index in [0.717, 1.165) is 50.4 Å². The van der Waals surface area contributed by atoms with Gasteiger partial charge in [-0.25, -0.2) is 0 Å². The lowest BCUT2D eigenvalue weighted by molar-refractivity contribution is 0.126. The zero-order valence-electron chi connectivity index (χ0n) is 17.8. The number of alkyl halides is 1. The van der Waals surface area contributed by atoms with Crippen LogP contribution in [-0.4, -0.2) is 31.8 Å². The van der Waals surface area contributed by atoms with Crippen LogP contribution >= 0.6 is 67.0 Å². The van der Waals surface area contributed by atoms with Gasteiger partial charge in [-0.2, -0.15) is 0 Å². The molecule has 176 valence electrons. The maximum absolute atomic E-state index is 6.51. The van der Waals surface area contributed by atoms with Crippen molar-refractivity contribution in [1.29, 1.82) is 0 Å². The molecule has 1 nitrogen and oxygen atoms in total. The molecule has 0 aliphatic heterocycles. The molecular weight excluding hydrogens is 525 g/mol. The van der Waals surface area contributed by atoms with Gasteiger partial charge in [0, 0.05) is 19.1 Å². The minimum atomic E-state index is -2.52. The van der Waals surface area contributed by atoms with Gasteiger partial charge in [0.25, 0.3) is 6.69 Å². The first-order valence-corrected chi connectivity index (χ1v) is 21.6. The first kappa shape index (κ1) is 31.1. The zero-order valence-corrected chi connectivity index (χ0v) is 24.4. The number of halogens is 6. The van der Waals surface area contributed by atoms with Crippen LogP contribution in [-0.2, 0) is 4.74 Å². The fourth-order valence-electron chi connectivity index (χ4n) is 3.25. The lowest BCUT2D eigenvalue weighted by Crippen LogP contribution is -2.19. The molecule has 0 aromatic heterocycles. The van der Waals surface area contributed by atoms with E-state index in [4.69, 9.17) is 71.7 Å². The van der Waals surface area contributed by atoms with Crippen LogP contribution in [0.5, 0.6) is 0 Å². The molecule has 0 aromatic rings. The van der Waals surface area contributed by atoms with Crippen molar-refractivity contribution in [2.75, 3.05) is 19.1 Å². The molecule has 0 amide bonds. The van der Waals surface area contributed by atoms with E-state index in [0.29, 0.717) is 6.04 Å². The van der Waals surface area contributed by atoms with Gasteiger partial charge in [-0.05, 0) is 37.4 Å². The predicted octanol–water partition coefficient (Wildman–Crippen LogP) is 10.3. The molecule has 0 aliphatic carbocycles. The fraction of sp³-hybridized carbons (Fsp3) is 1.00. The molecule has 0 spiro atoms. The SMILES string of the molecule is ClCCCCCCOCCCCCCCCCCC[Si](Cl)(Cl)CCC[Si](Cl)(Cl)Cl. The Labute approximate surface area is 210 Å². The van der Waals surface area contributed by atoms with E-state index in [1.807, 2.05) is 0 Å². The van der Waals surface area contributed by atoms with Gasteiger partial charge in [-0.3, -0.25) is 0 Å². The summed E-state index contributed by atoms with van der Waals surface area (Å²) in [7, 11) is 0. The molecular formula is C20H40Cl6OSi2. The highest BCUT2D eigenvalue weighted by Gasteiger charge is 2.30. The highest BCUT2D eigenvalue weighted by atomic mass is 35.8. The van der Waals surface area contributed by atoms with Crippen LogP contribution in [0.4, 0.5) is 0 Å². The Morgan fingerprint density at radius 3 is 1.34 bits per heavy atom. The summed E-state index contributed by atoms with van der Waals surface area (Å²) in [4.78, 5) is 0. The van der Waals surface area contributed by atoms with E-state index in [2.05, 4.69) is 0 Å². The number of rotatable bonds is 22. The molecule has 0 atom stereocenters. The van der Waals surface area contributed by atoms with E-state index in [1.165, 1.54) is 70.6 Å². The molecule has 0 fully saturated rings. The summed E-state index contributed by atoms with van der Waals surface area (Å²) in [6, 6.07) is -0.0595. The van der Waals surface area contributed by atoms with Crippen molar-refractivity contribution in [3.05, 3.63) is 0 Å². The second kappa shape index (κ2) is 20.7. The van der Waals surface area contributed by atoms with Crippen LogP contribution in [0.1, 0.15) is 89.9 Å². The molecule has 0 saturated heterocycles. The summed E-state index contributed by atoms with van der Waals surface area (Å²) in [6.45, 7) is -0.312. The van der Waals surface area contributed by atoms with E-state index >= 15 is 0 Å². The van der Waals surface area contributed by atoms with E-state index in [9.17, 15) is 0 Å². The molecule has 0 N–H and O–H groups in total. The average molecular weight is 565 g/mol. The van der Waals surface area contributed by atoms with E-state index in [1.54, 1.807) is 0 Å². The summed E-state index contributed by atoms with van der Waals surface area (Å²) in [5, 5.41) is 0. The Kier molecular flexibility index (Phi) is 22.2. The Morgan fingerprint density at radius 1 is 0.448 bits per heavy atom. The van der Waals surface area contributed by atoms with Gasteiger partial charge in [-0.1, -0.05) is 70.6 Å². The van der Waals surface area contributed by atoms with Crippen LogP contribution in [0.2, 0.25) is 18.1 Å². The third kappa shape index (κ3) is 26.3. The molecule has 9 heteroatoms. The molecule has 0 rings (SSSR count). The zero-order chi connectivity index (χ0) is 21.8.